The Bertz CT molecular complexity index is 1390. The lowest BCUT2D eigenvalue weighted by molar-refractivity contribution is 0.482. The van der Waals surface area contributed by atoms with Gasteiger partial charge in [0.25, 0.3) is 0 Å². The van der Waals surface area contributed by atoms with Crippen LogP contribution in [0.1, 0.15) is 12.0 Å². The molecule has 1 aliphatic heterocycles. The third-order valence-corrected chi connectivity index (χ3v) is 6.11. The van der Waals surface area contributed by atoms with E-state index in [0.29, 0.717) is 17.8 Å². The van der Waals surface area contributed by atoms with Crippen LogP contribution in [0.3, 0.4) is 0 Å². The van der Waals surface area contributed by atoms with E-state index < -0.39 is 0 Å². The molecule has 5 rings (SSSR count). The molecule has 3 aromatic carbocycles. The van der Waals surface area contributed by atoms with Gasteiger partial charge in [-0.3, -0.25) is 5.41 Å². The predicted octanol–water partition coefficient (Wildman–Crippen LogP) is 3.22. The average molecular weight is 435 g/mol. The normalized spacial score (nSPS) is 17.4. The third-order valence-electron chi connectivity index (χ3n) is 6.11. The summed E-state index contributed by atoms with van der Waals surface area (Å²) in [6.45, 7) is 0.551. The maximum absolute atomic E-state index is 8.25. The van der Waals surface area contributed by atoms with Gasteiger partial charge in [-0.2, -0.15) is 0 Å². The monoisotopic (exact) mass is 434 g/mol. The molecule has 1 unspecified atom stereocenters. The van der Waals surface area contributed by atoms with Crippen LogP contribution in [0.25, 0.3) is 17.7 Å². The number of dihydropyridines is 1. The van der Waals surface area contributed by atoms with Crippen LogP contribution in [-0.2, 0) is 0 Å². The number of amidine groups is 1. The highest BCUT2D eigenvalue weighted by molar-refractivity contribution is 6.07. The van der Waals surface area contributed by atoms with E-state index in [-0.39, 0.29) is 11.8 Å². The van der Waals surface area contributed by atoms with Crippen molar-refractivity contribution in [3.63, 3.8) is 0 Å². The topological polar surface area (TPSA) is 97.2 Å². The van der Waals surface area contributed by atoms with Gasteiger partial charge in [-0.15, -0.1) is 0 Å². The van der Waals surface area contributed by atoms with Crippen LogP contribution in [-0.4, -0.2) is 12.4 Å². The van der Waals surface area contributed by atoms with Gasteiger partial charge in [0.05, 0.1) is 5.70 Å². The van der Waals surface area contributed by atoms with E-state index in [1.165, 1.54) is 10.4 Å². The third kappa shape index (κ3) is 4.13. The van der Waals surface area contributed by atoms with Crippen molar-refractivity contribution in [2.24, 2.45) is 17.4 Å². The second-order valence-electron chi connectivity index (χ2n) is 8.23. The van der Waals surface area contributed by atoms with E-state index in [2.05, 4.69) is 35.7 Å². The van der Waals surface area contributed by atoms with Gasteiger partial charge < -0.3 is 21.5 Å². The lowest BCUT2D eigenvalue weighted by atomic mass is 9.87. The minimum absolute atomic E-state index is 0.0219. The second kappa shape index (κ2) is 8.71. The van der Waals surface area contributed by atoms with Crippen molar-refractivity contribution in [2.75, 3.05) is 6.54 Å². The summed E-state index contributed by atoms with van der Waals surface area (Å²) in [5.74, 6) is 1.63. The van der Waals surface area contributed by atoms with Crippen molar-refractivity contribution in [3.05, 3.63) is 112 Å². The number of nitrogens with one attached hydrogen (secondary N) is 2. The van der Waals surface area contributed by atoms with Gasteiger partial charge in [0.1, 0.15) is 17.3 Å². The lowest BCUT2D eigenvalue weighted by Crippen LogP contribution is -2.37. The number of allylic oxidation sites excluding steroid dienone is 1. The molecule has 0 aromatic heterocycles. The number of nitrogens with two attached hydrogens (primary N) is 2. The van der Waals surface area contributed by atoms with Crippen molar-refractivity contribution in [1.82, 2.24) is 5.32 Å². The number of hydrogen-bond acceptors (Lipinski definition) is 4. The molecular formula is C28H26N4O. The Kier molecular flexibility index (Phi) is 5.45. The molecule has 1 heterocycles. The molecule has 33 heavy (non-hydrogen) atoms. The molecule has 0 radical (unpaired) electrons. The number of fused-ring (bicyclic) bond motifs is 1. The predicted molar refractivity (Wildman–Crippen MR) is 134 cm³/mol. The fourth-order valence-electron chi connectivity index (χ4n) is 4.49. The highest BCUT2D eigenvalue weighted by Gasteiger charge is 2.26. The Morgan fingerprint density at radius 1 is 0.879 bits per heavy atom. The average Bonchev–Trinajstić information content (AvgIpc) is 2.84. The van der Waals surface area contributed by atoms with Gasteiger partial charge >= 0.3 is 0 Å². The Morgan fingerprint density at radius 3 is 2.27 bits per heavy atom. The first-order valence-corrected chi connectivity index (χ1v) is 11.0. The van der Waals surface area contributed by atoms with Crippen LogP contribution in [0.4, 0.5) is 0 Å². The fraction of sp³-hybridized carbons (Fsp3) is 0.107. The molecule has 0 saturated heterocycles. The number of hydrogen-bond donors (Lipinski definition) is 4. The molecule has 3 aromatic rings. The standard InChI is InChI=1S/C28H26N4O/c29-26-25(28(30)31)24(19-12-14-23(15-13-19)33-22-8-2-1-3-9-22)17-32-27(26)21-11-10-18-6-4-5-7-20(18)16-21/h1-10,12-16,21,32H,11,17,29H2,(H3,30,31). The summed E-state index contributed by atoms with van der Waals surface area (Å²) >= 11 is 0. The molecule has 164 valence electrons. The van der Waals surface area contributed by atoms with Crippen molar-refractivity contribution < 1.29 is 4.74 Å². The van der Waals surface area contributed by atoms with E-state index in [1.54, 1.807) is 0 Å². The van der Waals surface area contributed by atoms with Crippen LogP contribution >= 0.6 is 0 Å². The molecule has 1 atom stereocenters. The Balaban J connectivity index is 1.47. The molecule has 0 bridgehead atoms. The van der Waals surface area contributed by atoms with Gasteiger partial charge in [0, 0.05) is 23.7 Å². The van der Waals surface area contributed by atoms with Gasteiger partial charge in [-0.05, 0) is 52.3 Å². The zero-order valence-electron chi connectivity index (χ0n) is 18.2. The highest BCUT2D eigenvalue weighted by Crippen LogP contribution is 2.32. The van der Waals surface area contributed by atoms with E-state index in [9.17, 15) is 0 Å². The molecule has 0 amide bonds. The highest BCUT2D eigenvalue weighted by atomic mass is 16.5. The maximum atomic E-state index is 8.25. The first-order chi connectivity index (χ1) is 16.1. The Morgan fingerprint density at radius 2 is 1.55 bits per heavy atom. The summed E-state index contributed by atoms with van der Waals surface area (Å²) in [4.78, 5) is 0. The Labute approximate surface area is 192 Å². The summed E-state index contributed by atoms with van der Waals surface area (Å²) in [7, 11) is 0. The first-order valence-electron chi connectivity index (χ1n) is 11.0. The number of ether oxygens (including phenoxy) is 1. The van der Waals surface area contributed by atoms with E-state index in [0.717, 1.165) is 34.8 Å². The summed E-state index contributed by atoms with van der Waals surface area (Å²) in [5.41, 5.74) is 16.6. The first kappa shape index (κ1) is 20.6. The molecule has 6 N–H and O–H groups in total. The van der Waals surface area contributed by atoms with Gasteiger partial charge in [-0.25, -0.2) is 0 Å². The van der Waals surface area contributed by atoms with Crippen LogP contribution in [0.15, 0.2) is 95.8 Å². The SMILES string of the molecule is N=C(N)C1=C(c2ccc(Oc3ccccc3)cc2)CNC(C2C=c3ccccc3=CC2)=C1N. The Hall–Kier alpha value is -4.25. The van der Waals surface area contributed by atoms with Crippen molar-refractivity contribution in [1.29, 1.82) is 5.41 Å². The van der Waals surface area contributed by atoms with Crippen molar-refractivity contribution >= 4 is 23.6 Å². The van der Waals surface area contributed by atoms with Crippen LogP contribution < -0.4 is 32.0 Å². The molecule has 5 heteroatoms. The summed E-state index contributed by atoms with van der Waals surface area (Å²) in [6, 6.07) is 25.8. The molecule has 2 aliphatic rings. The quantitative estimate of drug-likeness (QED) is 0.366. The molecular weight excluding hydrogens is 408 g/mol. The number of para-hydroxylation sites is 1. The number of rotatable bonds is 5. The molecule has 0 saturated carbocycles. The van der Waals surface area contributed by atoms with Crippen LogP contribution in [0.5, 0.6) is 11.5 Å². The summed E-state index contributed by atoms with van der Waals surface area (Å²) < 4.78 is 5.90. The zero-order chi connectivity index (χ0) is 22.8. The largest absolute Gasteiger partial charge is 0.457 e. The molecule has 0 spiro atoms. The fourth-order valence-corrected chi connectivity index (χ4v) is 4.49. The van der Waals surface area contributed by atoms with E-state index in [1.807, 2.05) is 60.7 Å². The van der Waals surface area contributed by atoms with Crippen LogP contribution in [0, 0.1) is 11.3 Å². The summed E-state index contributed by atoms with van der Waals surface area (Å²) in [5, 5.41) is 14.2. The van der Waals surface area contributed by atoms with Gasteiger partial charge in [0.2, 0.25) is 0 Å². The zero-order valence-corrected chi connectivity index (χ0v) is 18.2. The maximum Gasteiger partial charge on any atom is 0.127 e. The second-order valence-corrected chi connectivity index (χ2v) is 8.23. The smallest absolute Gasteiger partial charge is 0.127 e. The minimum Gasteiger partial charge on any atom is -0.457 e. The van der Waals surface area contributed by atoms with Gasteiger partial charge in [0.15, 0.2) is 0 Å². The van der Waals surface area contributed by atoms with Crippen LogP contribution in [0.2, 0.25) is 0 Å². The van der Waals surface area contributed by atoms with E-state index in [4.69, 9.17) is 21.6 Å². The molecule has 0 fully saturated rings. The van der Waals surface area contributed by atoms with Gasteiger partial charge in [-0.1, -0.05) is 66.7 Å². The lowest BCUT2D eigenvalue weighted by Gasteiger charge is -2.29. The number of benzene rings is 3. The van der Waals surface area contributed by atoms with E-state index >= 15 is 0 Å². The molecule has 5 nitrogen and oxygen atoms in total. The van der Waals surface area contributed by atoms with Crippen molar-refractivity contribution in [3.8, 4) is 11.5 Å². The molecule has 1 aliphatic carbocycles. The van der Waals surface area contributed by atoms with Crippen molar-refractivity contribution in [2.45, 2.75) is 6.42 Å². The summed E-state index contributed by atoms with van der Waals surface area (Å²) in [6.07, 6.45) is 5.33. The minimum atomic E-state index is -0.0219.